The van der Waals surface area contributed by atoms with Gasteiger partial charge in [0.2, 0.25) is 0 Å². The Labute approximate surface area is 172 Å². The van der Waals surface area contributed by atoms with Gasteiger partial charge in [0.05, 0.1) is 22.5 Å². The maximum atomic E-state index is 12.9. The minimum absolute atomic E-state index is 0.00333. The Morgan fingerprint density at radius 2 is 1.90 bits per heavy atom. The Balaban J connectivity index is 1.45. The van der Waals surface area contributed by atoms with Crippen LogP contribution in [0.5, 0.6) is 0 Å². The van der Waals surface area contributed by atoms with Crippen LogP contribution in [0.2, 0.25) is 0 Å². The number of carbonyl (C=O) groups is 1. The highest BCUT2D eigenvalue weighted by molar-refractivity contribution is 7.86. The molecule has 0 amide bonds. The van der Waals surface area contributed by atoms with Crippen molar-refractivity contribution >= 4 is 27.2 Å². The number of nitrogens with one attached hydrogen (secondary N) is 2. The summed E-state index contributed by atoms with van der Waals surface area (Å²) < 4.78 is 45.2. The fraction of sp³-hybridized carbons (Fsp3) is 0.294. The van der Waals surface area contributed by atoms with Crippen LogP contribution in [0.1, 0.15) is 22.2 Å². The number of hydrogen-bond acceptors (Lipinski definition) is 10. The predicted octanol–water partition coefficient (Wildman–Crippen LogP) is -0.677. The molecule has 4 N–H and O–H groups in total. The minimum atomic E-state index is -4.90. The smallest absolute Gasteiger partial charge is 0.338 e. The van der Waals surface area contributed by atoms with Gasteiger partial charge in [-0.1, -0.05) is 0 Å². The molecule has 0 bridgehead atoms. The molecule has 0 spiro atoms. The first kappa shape index (κ1) is 21.0. The van der Waals surface area contributed by atoms with Crippen molar-refractivity contribution in [1.82, 2.24) is 20.2 Å². The van der Waals surface area contributed by atoms with E-state index in [4.69, 9.17) is 9.47 Å². The van der Waals surface area contributed by atoms with Crippen LogP contribution in [0.15, 0.2) is 40.3 Å². The standard InChI is InChI=1S/C17H15FN4O8S/c18-31(27,28)8-3-1-7(2-4-8)17(26)29-5-9-13(23)14(24)15(30-9)11-10-12(22-21-11)16(25)20-6-19-10/h1-4,6,9,13-15,23-24H,5H2,(H,21,22)(H,19,20,25)/t9-,13-,14-,15+/m1/s1. The van der Waals surface area contributed by atoms with Gasteiger partial charge in [0, 0.05) is 0 Å². The van der Waals surface area contributed by atoms with Gasteiger partial charge in [-0.3, -0.25) is 9.89 Å². The number of rotatable bonds is 5. The lowest BCUT2D eigenvalue weighted by atomic mass is 10.1. The molecule has 0 unspecified atom stereocenters. The largest absolute Gasteiger partial charge is 0.459 e. The van der Waals surface area contributed by atoms with Gasteiger partial charge in [0.1, 0.15) is 36.5 Å². The summed E-state index contributed by atoms with van der Waals surface area (Å²) in [4.78, 5) is 29.6. The number of fused-ring (bicyclic) bond motifs is 1. The van der Waals surface area contributed by atoms with Crippen LogP contribution in [0.4, 0.5) is 3.89 Å². The molecule has 1 aliphatic rings. The number of aliphatic hydroxyl groups excluding tert-OH is 2. The number of carbonyl (C=O) groups excluding carboxylic acids is 1. The number of nitrogens with zero attached hydrogens (tertiary/aromatic N) is 2. The van der Waals surface area contributed by atoms with E-state index in [0.717, 1.165) is 30.6 Å². The molecule has 1 aliphatic heterocycles. The molecule has 31 heavy (non-hydrogen) atoms. The molecule has 1 aromatic carbocycles. The van der Waals surface area contributed by atoms with E-state index in [1.54, 1.807) is 0 Å². The molecular weight excluding hydrogens is 439 g/mol. The number of H-pyrrole nitrogens is 2. The van der Waals surface area contributed by atoms with E-state index in [9.17, 15) is 32.1 Å². The molecule has 164 valence electrons. The van der Waals surface area contributed by atoms with Crippen molar-refractivity contribution in [2.75, 3.05) is 6.61 Å². The zero-order chi connectivity index (χ0) is 22.3. The topological polar surface area (TPSA) is 185 Å². The monoisotopic (exact) mass is 454 g/mol. The number of benzene rings is 1. The quantitative estimate of drug-likeness (QED) is 0.284. The first-order valence-corrected chi connectivity index (χ1v) is 10.2. The number of hydrogen-bond donors (Lipinski definition) is 4. The van der Waals surface area contributed by atoms with Crippen LogP contribution in [0.3, 0.4) is 0 Å². The number of esters is 1. The second-order valence-corrected chi connectivity index (χ2v) is 8.05. The number of halogens is 1. The van der Waals surface area contributed by atoms with Crippen molar-refractivity contribution in [2.45, 2.75) is 29.3 Å². The summed E-state index contributed by atoms with van der Waals surface area (Å²) in [6, 6.07) is 3.95. The van der Waals surface area contributed by atoms with Gasteiger partial charge in [0.15, 0.2) is 5.52 Å². The molecule has 4 atom stereocenters. The van der Waals surface area contributed by atoms with E-state index >= 15 is 0 Å². The summed E-state index contributed by atoms with van der Waals surface area (Å²) >= 11 is 0. The van der Waals surface area contributed by atoms with E-state index in [-0.39, 0.29) is 22.3 Å². The summed E-state index contributed by atoms with van der Waals surface area (Å²) in [6.07, 6.45) is -3.94. The molecule has 14 heteroatoms. The van der Waals surface area contributed by atoms with E-state index in [2.05, 4.69) is 20.2 Å². The van der Waals surface area contributed by atoms with Crippen molar-refractivity contribution in [3.05, 3.63) is 52.2 Å². The van der Waals surface area contributed by atoms with Crippen LogP contribution in [0.25, 0.3) is 11.0 Å². The van der Waals surface area contributed by atoms with Crippen molar-refractivity contribution in [1.29, 1.82) is 0 Å². The van der Waals surface area contributed by atoms with Gasteiger partial charge < -0.3 is 24.7 Å². The maximum absolute atomic E-state index is 12.9. The van der Waals surface area contributed by atoms with Gasteiger partial charge >= 0.3 is 16.2 Å². The third-order valence-corrected chi connectivity index (χ3v) is 5.60. The number of aliphatic hydroxyl groups is 2. The van der Waals surface area contributed by atoms with E-state index in [0.29, 0.717) is 0 Å². The summed E-state index contributed by atoms with van der Waals surface area (Å²) in [5.74, 6) is -0.878. The fourth-order valence-electron chi connectivity index (χ4n) is 3.18. The highest BCUT2D eigenvalue weighted by atomic mass is 32.3. The third-order valence-electron chi connectivity index (χ3n) is 4.77. The van der Waals surface area contributed by atoms with Crippen molar-refractivity contribution in [3.63, 3.8) is 0 Å². The van der Waals surface area contributed by atoms with Crippen LogP contribution >= 0.6 is 0 Å². The fourth-order valence-corrected chi connectivity index (χ4v) is 3.64. The summed E-state index contributed by atoms with van der Waals surface area (Å²) in [6.45, 7) is -0.448. The van der Waals surface area contributed by atoms with Crippen LogP contribution in [-0.4, -0.2) is 69.7 Å². The lowest BCUT2D eigenvalue weighted by molar-refractivity contribution is -0.0347. The highest BCUT2D eigenvalue weighted by Gasteiger charge is 2.45. The molecule has 3 aromatic rings. The van der Waals surface area contributed by atoms with Crippen molar-refractivity contribution < 1.29 is 36.8 Å². The Kier molecular flexibility index (Phi) is 5.30. The van der Waals surface area contributed by atoms with Crippen LogP contribution < -0.4 is 5.56 Å². The molecule has 0 saturated carbocycles. The first-order valence-electron chi connectivity index (χ1n) is 8.82. The maximum Gasteiger partial charge on any atom is 0.338 e. The summed E-state index contributed by atoms with van der Waals surface area (Å²) in [5, 5.41) is 27.0. The van der Waals surface area contributed by atoms with Crippen LogP contribution in [-0.2, 0) is 19.7 Å². The molecule has 0 radical (unpaired) electrons. The highest BCUT2D eigenvalue weighted by Crippen LogP contribution is 2.35. The zero-order valence-electron chi connectivity index (χ0n) is 15.4. The van der Waals surface area contributed by atoms with Gasteiger partial charge in [0.25, 0.3) is 5.56 Å². The SMILES string of the molecule is O=C(OC[C@H]1O[C@@H](c2[nH]nc3c(=O)[nH]cnc23)[C@H](O)[C@@H]1O)c1ccc(S(=O)(=O)F)cc1. The predicted molar refractivity (Wildman–Crippen MR) is 99.2 cm³/mol. The Morgan fingerprint density at radius 3 is 2.58 bits per heavy atom. The van der Waals surface area contributed by atoms with Gasteiger partial charge in [-0.05, 0) is 24.3 Å². The molecule has 2 aromatic heterocycles. The normalized spacial score (nSPS) is 23.8. The Bertz CT molecular complexity index is 1290. The summed E-state index contributed by atoms with van der Waals surface area (Å²) in [7, 11) is -4.90. The van der Waals surface area contributed by atoms with Gasteiger partial charge in [-0.25, -0.2) is 9.78 Å². The lowest BCUT2D eigenvalue weighted by Crippen LogP contribution is -2.34. The van der Waals surface area contributed by atoms with Gasteiger partial charge in [-0.2, -0.15) is 13.5 Å². The lowest BCUT2D eigenvalue weighted by Gasteiger charge is -2.14. The van der Waals surface area contributed by atoms with Crippen LogP contribution in [0, 0.1) is 0 Å². The average Bonchev–Trinajstić information content (AvgIpc) is 3.28. The zero-order valence-corrected chi connectivity index (χ0v) is 16.2. The Hall–Kier alpha value is -3.20. The number of aromatic amines is 2. The molecule has 1 saturated heterocycles. The number of ether oxygens (including phenoxy) is 2. The molecule has 0 aliphatic carbocycles. The van der Waals surface area contributed by atoms with E-state index < -0.39 is 57.7 Å². The van der Waals surface area contributed by atoms with E-state index in [1.807, 2.05) is 0 Å². The first-order chi connectivity index (χ1) is 14.7. The summed E-state index contributed by atoms with van der Waals surface area (Å²) in [5.41, 5.74) is -0.237. The van der Waals surface area contributed by atoms with Crippen molar-refractivity contribution in [2.24, 2.45) is 0 Å². The molecule has 4 rings (SSSR count). The average molecular weight is 454 g/mol. The molecule has 1 fully saturated rings. The minimum Gasteiger partial charge on any atom is -0.459 e. The second kappa shape index (κ2) is 7.81. The molecule has 3 heterocycles. The van der Waals surface area contributed by atoms with E-state index in [1.165, 1.54) is 0 Å². The molecular formula is C17H15FN4O8S. The molecule has 12 nitrogen and oxygen atoms in total. The van der Waals surface area contributed by atoms with Gasteiger partial charge in [-0.15, -0.1) is 3.89 Å². The number of aromatic nitrogens is 4. The second-order valence-electron chi connectivity index (χ2n) is 6.70. The van der Waals surface area contributed by atoms with Crippen molar-refractivity contribution in [3.8, 4) is 0 Å². The third kappa shape index (κ3) is 3.93. The Morgan fingerprint density at radius 1 is 1.19 bits per heavy atom.